The van der Waals surface area contributed by atoms with E-state index in [1.807, 2.05) is 30.0 Å². The Kier molecular flexibility index (Phi) is 7.91. The zero-order chi connectivity index (χ0) is 32.9. The van der Waals surface area contributed by atoms with Crippen molar-refractivity contribution in [2.75, 3.05) is 51.2 Å². The van der Waals surface area contributed by atoms with Gasteiger partial charge in [0.15, 0.2) is 17.4 Å². The summed E-state index contributed by atoms with van der Waals surface area (Å²) in [6.45, 7) is 11.3. The number of halogens is 1. The lowest BCUT2D eigenvalue weighted by Crippen LogP contribution is -2.36. The average molecular weight is 638 g/mol. The molecule has 5 aromatic rings. The smallest absolute Gasteiger partial charge is 0.274 e. The summed E-state index contributed by atoms with van der Waals surface area (Å²) in [5.74, 6) is 0.354. The molecule has 3 aromatic heterocycles. The third kappa shape index (κ3) is 6.05. The highest BCUT2D eigenvalue weighted by Crippen LogP contribution is 2.34. The number of aromatic nitrogens is 6. The van der Waals surface area contributed by atoms with Gasteiger partial charge in [0.2, 0.25) is 0 Å². The first-order chi connectivity index (χ1) is 22.6. The molecule has 12 heteroatoms. The van der Waals surface area contributed by atoms with Gasteiger partial charge in [-0.3, -0.25) is 9.89 Å². The molecule has 0 radical (unpaired) electrons. The van der Waals surface area contributed by atoms with Crippen LogP contribution in [0.15, 0.2) is 42.7 Å². The fraction of sp³-hybridized carbons (Fsp3) is 0.400. The first-order valence-corrected chi connectivity index (χ1v) is 16.2. The van der Waals surface area contributed by atoms with Crippen molar-refractivity contribution in [1.82, 2.24) is 39.9 Å². The molecule has 47 heavy (non-hydrogen) atoms. The summed E-state index contributed by atoms with van der Waals surface area (Å²) in [5.41, 5.74) is 6.33. The molecule has 244 valence electrons. The second-order valence-electron chi connectivity index (χ2n) is 13.5. The Morgan fingerprint density at radius 1 is 1.04 bits per heavy atom. The number of likely N-dealkylation sites (N-methyl/N-ethyl adjacent to an activating group) is 1. The van der Waals surface area contributed by atoms with E-state index in [4.69, 9.17) is 4.98 Å². The van der Waals surface area contributed by atoms with E-state index < -0.39 is 5.82 Å². The average Bonchev–Trinajstić information content (AvgIpc) is 3.57. The first kappa shape index (κ1) is 30.8. The molecule has 0 unspecified atom stereocenters. The summed E-state index contributed by atoms with van der Waals surface area (Å²) in [5, 5.41) is 18.4. The molecule has 1 amide bonds. The molecule has 1 saturated heterocycles. The standard InChI is InChI=1S/C35H40FN9O2/c1-5-21-15-30(46)25(36)16-24(21)22-6-7-23-28(14-22)41-42-32(23)33-39-26-8-10-44(11-9-27(26)40-33)34(47)29-17-38-31(18-37-29)45-13-12-43(4)19-35(2,3)20-45/h6-7,14-18,46H,5,8-13,19-20H2,1-4H3,(H,39,40)(H,41,42). The molecule has 2 aliphatic heterocycles. The molecule has 0 aliphatic carbocycles. The number of imidazole rings is 1. The number of anilines is 1. The van der Waals surface area contributed by atoms with Crippen LogP contribution in [-0.4, -0.2) is 97.3 Å². The third-order valence-electron chi connectivity index (χ3n) is 9.30. The number of amides is 1. The van der Waals surface area contributed by atoms with Gasteiger partial charge in [-0.15, -0.1) is 0 Å². The second-order valence-corrected chi connectivity index (χ2v) is 13.5. The summed E-state index contributed by atoms with van der Waals surface area (Å²) < 4.78 is 14.2. The fourth-order valence-electron chi connectivity index (χ4n) is 7.01. The van der Waals surface area contributed by atoms with Crippen LogP contribution in [0.2, 0.25) is 0 Å². The molecule has 1 fully saturated rings. The third-order valence-corrected chi connectivity index (χ3v) is 9.30. The van der Waals surface area contributed by atoms with E-state index in [1.54, 1.807) is 12.4 Å². The predicted molar refractivity (Wildman–Crippen MR) is 179 cm³/mol. The Morgan fingerprint density at radius 3 is 2.66 bits per heavy atom. The number of fused-ring (bicyclic) bond motifs is 2. The van der Waals surface area contributed by atoms with Crippen molar-refractivity contribution < 1.29 is 14.3 Å². The van der Waals surface area contributed by atoms with Crippen LogP contribution in [0.3, 0.4) is 0 Å². The molecule has 0 saturated carbocycles. The van der Waals surface area contributed by atoms with Crippen molar-refractivity contribution in [3.63, 3.8) is 0 Å². The number of carbonyl (C=O) groups is 1. The number of phenols is 1. The van der Waals surface area contributed by atoms with Crippen LogP contribution >= 0.6 is 0 Å². The Morgan fingerprint density at radius 2 is 1.87 bits per heavy atom. The number of nitrogens with one attached hydrogen (secondary N) is 2. The number of hydrogen-bond donors (Lipinski definition) is 3. The lowest BCUT2D eigenvalue weighted by molar-refractivity contribution is 0.0756. The number of rotatable bonds is 5. The van der Waals surface area contributed by atoms with Gasteiger partial charge in [0, 0.05) is 63.2 Å². The minimum absolute atomic E-state index is 0.125. The maximum atomic E-state index is 14.2. The number of H-pyrrole nitrogens is 2. The van der Waals surface area contributed by atoms with Gasteiger partial charge in [0.1, 0.15) is 17.2 Å². The van der Waals surface area contributed by atoms with Crippen LogP contribution in [0, 0.1) is 11.2 Å². The molecular formula is C35H40FN9O2. The second kappa shape index (κ2) is 12.1. The van der Waals surface area contributed by atoms with Gasteiger partial charge in [-0.25, -0.2) is 19.3 Å². The van der Waals surface area contributed by atoms with Crippen LogP contribution in [0.4, 0.5) is 10.2 Å². The van der Waals surface area contributed by atoms with Crippen LogP contribution < -0.4 is 4.90 Å². The van der Waals surface area contributed by atoms with Crippen LogP contribution in [0.5, 0.6) is 5.75 Å². The van der Waals surface area contributed by atoms with E-state index in [0.717, 1.165) is 71.0 Å². The number of benzene rings is 2. The summed E-state index contributed by atoms with van der Waals surface area (Å²) in [4.78, 5) is 37.4. The Balaban J connectivity index is 1.04. The zero-order valence-corrected chi connectivity index (χ0v) is 27.3. The number of aryl methyl sites for hydroxylation is 1. The van der Waals surface area contributed by atoms with E-state index in [2.05, 4.69) is 55.8 Å². The molecule has 5 heterocycles. The van der Waals surface area contributed by atoms with Crippen molar-refractivity contribution in [3.8, 4) is 28.4 Å². The largest absolute Gasteiger partial charge is 0.505 e. The quantitative estimate of drug-likeness (QED) is 0.250. The van der Waals surface area contributed by atoms with Gasteiger partial charge in [-0.2, -0.15) is 5.10 Å². The van der Waals surface area contributed by atoms with Crippen LogP contribution in [-0.2, 0) is 19.3 Å². The Bertz CT molecular complexity index is 1920. The number of aromatic amines is 2. The van der Waals surface area contributed by atoms with Gasteiger partial charge in [0.05, 0.1) is 23.6 Å². The molecule has 0 bridgehead atoms. The maximum absolute atomic E-state index is 14.2. The van der Waals surface area contributed by atoms with Gasteiger partial charge in [0.25, 0.3) is 5.91 Å². The summed E-state index contributed by atoms with van der Waals surface area (Å²) in [6, 6.07) is 8.70. The molecule has 0 spiro atoms. The monoisotopic (exact) mass is 637 g/mol. The highest BCUT2D eigenvalue weighted by molar-refractivity contribution is 5.94. The summed E-state index contributed by atoms with van der Waals surface area (Å²) in [7, 11) is 2.15. The molecule has 2 aromatic carbocycles. The minimum atomic E-state index is -0.647. The van der Waals surface area contributed by atoms with Crippen molar-refractivity contribution in [2.24, 2.45) is 5.41 Å². The predicted octanol–water partition coefficient (Wildman–Crippen LogP) is 4.84. The number of phenolic OH excluding ortho intramolecular Hbond substituents is 1. The molecule has 3 N–H and O–H groups in total. The maximum Gasteiger partial charge on any atom is 0.274 e. The molecule has 2 aliphatic rings. The van der Waals surface area contributed by atoms with Crippen LogP contribution in [0.1, 0.15) is 48.2 Å². The van der Waals surface area contributed by atoms with Crippen molar-refractivity contribution in [2.45, 2.75) is 40.0 Å². The van der Waals surface area contributed by atoms with Crippen LogP contribution in [0.25, 0.3) is 33.5 Å². The first-order valence-electron chi connectivity index (χ1n) is 16.2. The molecule has 0 atom stereocenters. The highest BCUT2D eigenvalue weighted by atomic mass is 19.1. The van der Waals surface area contributed by atoms with E-state index in [0.29, 0.717) is 49.6 Å². The number of carbonyl (C=O) groups excluding carboxylic acids is 1. The molecular weight excluding hydrogens is 597 g/mol. The highest BCUT2D eigenvalue weighted by Gasteiger charge is 2.29. The number of nitrogens with zero attached hydrogens (tertiary/aromatic N) is 7. The lowest BCUT2D eigenvalue weighted by atomic mass is 9.93. The molecule has 11 nitrogen and oxygen atoms in total. The van der Waals surface area contributed by atoms with Gasteiger partial charge in [-0.05, 0) is 59.8 Å². The van der Waals surface area contributed by atoms with E-state index in [9.17, 15) is 14.3 Å². The van der Waals surface area contributed by atoms with Crippen molar-refractivity contribution in [1.29, 1.82) is 0 Å². The van der Waals surface area contributed by atoms with Gasteiger partial charge >= 0.3 is 0 Å². The van der Waals surface area contributed by atoms with Gasteiger partial charge in [-0.1, -0.05) is 26.8 Å². The fourth-order valence-corrected chi connectivity index (χ4v) is 7.01. The number of aromatic hydroxyl groups is 1. The topological polar surface area (TPSA) is 130 Å². The normalized spacial score (nSPS) is 17.0. The van der Waals surface area contributed by atoms with E-state index in [-0.39, 0.29) is 17.1 Å². The Labute approximate surface area is 272 Å². The van der Waals surface area contributed by atoms with Gasteiger partial charge < -0.3 is 24.8 Å². The Hall–Kier alpha value is -4.84. The van der Waals surface area contributed by atoms with E-state index >= 15 is 0 Å². The van der Waals surface area contributed by atoms with Crippen molar-refractivity contribution in [3.05, 3.63) is 71.2 Å². The lowest BCUT2D eigenvalue weighted by Gasteiger charge is -2.30. The molecule has 7 rings (SSSR count). The summed E-state index contributed by atoms with van der Waals surface area (Å²) >= 11 is 0. The SMILES string of the molecule is CCc1cc(O)c(F)cc1-c1ccc2c(-c3nc4c([nH]3)CCN(C(=O)c3cnc(N5CCN(C)CC(C)(C)C5)cn3)CC4)n[nH]c2c1. The zero-order valence-electron chi connectivity index (χ0n) is 27.3. The van der Waals surface area contributed by atoms with E-state index in [1.165, 1.54) is 12.1 Å². The number of hydrogen-bond acceptors (Lipinski definition) is 8. The van der Waals surface area contributed by atoms with Crippen molar-refractivity contribution >= 4 is 22.6 Å². The summed E-state index contributed by atoms with van der Waals surface area (Å²) in [6.07, 6.45) is 5.24. The minimum Gasteiger partial charge on any atom is -0.505 e.